The maximum Gasteiger partial charge on any atom is 0.231 e. The van der Waals surface area contributed by atoms with Crippen LogP contribution in [0.1, 0.15) is 21.6 Å². The van der Waals surface area contributed by atoms with E-state index in [1.54, 1.807) is 11.3 Å². The molecule has 6 heteroatoms. The van der Waals surface area contributed by atoms with E-state index in [1.165, 1.54) is 4.88 Å². The average molecular weight is 313 g/mol. The lowest BCUT2D eigenvalue weighted by Gasteiger charge is -2.29. The van der Waals surface area contributed by atoms with Gasteiger partial charge < -0.3 is 14.4 Å². The lowest BCUT2D eigenvalue weighted by atomic mass is 10.1. The molecule has 0 radical (unpaired) electrons. The van der Waals surface area contributed by atoms with Crippen molar-refractivity contribution in [3.05, 3.63) is 46.1 Å². The molecule has 1 unspecified atom stereocenters. The molecule has 2 aliphatic heterocycles. The predicted octanol–water partition coefficient (Wildman–Crippen LogP) is 3.59. The zero-order valence-corrected chi connectivity index (χ0v) is 13.1. The molecule has 4 rings (SSSR count). The van der Waals surface area contributed by atoms with E-state index in [0.29, 0.717) is 0 Å². The molecule has 0 N–H and O–H groups in total. The van der Waals surface area contributed by atoms with Crippen LogP contribution in [0.15, 0.2) is 35.5 Å². The molecule has 0 fully saturated rings. The monoisotopic (exact) mass is 313 g/mol. The lowest BCUT2D eigenvalue weighted by molar-refractivity contribution is 0.174. The van der Waals surface area contributed by atoms with E-state index in [2.05, 4.69) is 27.9 Å². The number of ether oxygens (including phenoxy) is 2. The van der Waals surface area contributed by atoms with Gasteiger partial charge in [0.05, 0.1) is 28.0 Å². The van der Waals surface area contributed by atoms with Crippen molar-refractivity contribution in [2.45, 2.75) is 19.9 Å². The van der Waals surface area contributed by atoms with Crippen LogP contribution in [-0.2, 0) is 0 Å². The third-order valence-corrected chi connectivity index (χ3v) is 4.85. The summed E-state index contributed by atoms with van der Waals surface area (Å²) in [6, 6.07) is 6.05. The molecule has 1 atom stereocenters. The van der Waals surface area contributed by atoms with Gasteiger partial charge in [-0.1, -0.05) is 0 Å². The van der Waals surface area contributed by atoms with Gasteiger partial charge in [-0.05, 0) is 32.1 Å². The quantitative estimate of drug-likeness (QED) is 0.850. The summed E-state index contributed by atoms with van der Waals surface area (Å²) in [5.74, 6) is 1.56. The Morgan fingerprint density at radius 2 is 2.09 bits per heavy atom. The van der Waals surface area contributed by atoms with Crippen molar-refractivity contribution in [3.63, 3.8) is 0 Å². The van der Waals surface area contributed by atoms with Gasteiger partial charge in [0.15, 0.2) is 11.5 Å². The van der Waals surface area contributed by atoms with Crippen molar-refractivity contribution in [3.8, 4) is 11.5 Å². The molecule has 0 aliphatic carbocycles. The van der Waals surface area contributed by atoms with Gasteiger partial charge >= 0.3 is 0 Å². The lowest BCUT2D eigenvalue weighted by Crippen LogP contribution is -2.27. The van der Waals surface area contributed by atoms with E-state index in [0.717, 1.165) is 27.9 Å². The highest BCUT2D eigenvalue weighted by atomic mass is 32.1. The van der Waals surface area contributed by atoms with Crippen LogP contribution in [0.2, 0.25) is 0 Å². The smallest absolute Gasteiger partial charge is 0.231 e. The Morgan fingerprint density at radius 1 is 1.23 bits per heavy atom. The van der Waals surface area contributed by atoms with Gasteiger partial charge in [0.2, 0.25) is 6.79 Å². The summed E-state index contributed by atoms with van der Waals surface area (Å²) in [4.78, 5) is 12.2. The van der Waals surface area contributed by atoms with Crippen molar-refractivity contribution in [1.82, 2.24) is 4.98 Å². The summed E-state index contributed by atoms with van der Waals surface area (Å²) in [7, 11) is 0. The molecule has 22 heavy (non-hydrogen) atoms. The SMILES string of the molecule is Cc1nc(C)c(C2C=CN=CN2c2ccc3c(c2)OCO3)s1. The van der Waals surface area contributed by atoms with Crippen LogP contribution in [0.3, 0.4) is 0 Å². The second-order valence-corrected chi connectivity index (χ2v) is 6.41. The van der Waals surface area contributed by atoms with Crippen LogP contribution in [0.25, 0.3) is 0 Å². The van der Waals surface area contributed by atoms with Gasteiger partial charge in [-0.3, -0.25) is 0 Å². The highest BCUT2D eigenvalue weighted by Crippen LogP contribution is 2.39. The van der Waals surface area contributed by atoms with Gasteiger partial charge in [0.1, 0.15) is 0 Å². The first-order valence-electron chi connectivity index (χ1n) is 7.04. The number of hydrogen-bond acceptors (Lipinski definition) is 6. The fraction of sp³-hybridized carbons (Fsp3) is 0.250. The maximum atomic E-state index is 5.48. The van der Waals surface area contributed by atoms with Gasteiger partial charge in [0.25, 0.3) is 0 Å². The van der Waals surface area contributed by atoms with Crippen LogP contribution < -0.4 is 14.4 Å². The zero-order valence-electron chi connectivity index (χ0n) is 12.3. The Hall–Kier alpha value is -2.34. The summed E-state index contributed by atoms with van der Waals surface area (Å²) in [6.07, 6.45) is 5.77. The van der Waals surface area contributed by atoms with E-state index in [1.807, 2.05) is 37.7 Å². The summed E-state index contributed by atoms with van der Waals surface area (Å²) < 4.78 is 10.9. The van der Waals surface area contributed by atoms with Crippen molar-refractivity contribution in [2.24, 2.45) is 4.99 Å². The van der Waals surface area contributed by atoms with Crippen molar-refractivity contribution >= 4 is 23.4 Å². The van der Waals surface area contributed by atoms with Gasteiger partial charge in [0, 0.05) is 18.0 Å². The minimum Gasteiger partial charge on any atom is -0.454 e. The highest BCUT2D eigenvalue weighted by molar-refractivity contribution is 7.11. The number of benzene rings is 1. The molecule has 5 nitrogen and oxygen atoms in total. The van der Waals surface area contributed by atoms with Crippen LogP contribution in [-0.4, -0.2) is 18.1 Å². The van der Waals surface area contributed by atoms with E-state index in [-0.39, 0.29) is 12.8 Å². The van der Waals surface area contributed by atoms with Crippen LogP contribution in [0.4, 0.5) is 5.69 Å². The predicted molar refractivity (Wildman–Crippen MR) is 87.0 cm³/mol. The first kappa shape index (κ1) is 13.3. The molecule has 2 aliphatic rings. The van der Waals surface area contributed by atoms with E-state index in [4.69, 9.17) is 9.47 Å². The Bertz CT molecular complexity index is 782. The molecule has 0 bridgehead atoms. The topological polar surface area (TPSA) is 47.0 Å². The minimum absolute atomic E-state index is 0.101. The molecular formula is C16H15N3O2S. The Labute approximate surface area is 132 Å². The normalized spacial score (nSPS) is 19.0. The molecule has 0 saturated carbocycles. The number of hydrogen-bond donors (Lipinski definition) is 0. The van der Waals surface area contributed by atoms with Crippen molar-refractivity contribution in [1.29, 1.82) is 0 Å². The third-order valence-electron chi connectivity index (χ3n) is 3.71. The molecule has 2 aromatic rings. The summed E-state index contributed by atoms with van der Waals surface area (Å²) >= 11 is 1.72. The van der Waals surface area contributed by atoms with Crippen LogP contribution >= 0.6 is 11.3 Å². The van der Waals surface area contributed by atoms with Gasteiger partial charge in [-0.2, -0.15) is 0 Å². The number of aromatic nitrogens is 1. The molecule has 1 aromatic heterocycles. The maximum absolute atomic E-state index is 5.48. The first-order chi connectivity index (χ1) is 10.7. The van der Waals surface area contributed by atoms with E-state index >= 15 is 0 Å². The number of aryl methyl sites for hydroxylation is 2. The van der Waals surface area contributed by atoms with Gasteiger partial charge in [-0.25, -0.2) is 9.98 Å². The number of fused-ring (bicyclic) bond motifs is 1. The number of aliphatic imine (C=N–C) groups is 1. The van der Waals surface area contributed by atoms with E-state index in [9.17, 15) is 0 Å². The molecule has 0 amide bonds. The average Bonchev–Trinajstić information content (AvgIpc) is 3.12. The third kappa shape index (κ3) is 2.16. The number of rotatable bonds is 2. The molecular weight excluding hydrogens is 298 g/mol. The second-order valence-electron chi connectivity index (χ2n) is 5.18. The molecule has 0 spiro atoms. The van der Waals surface area contributed by atoms with Crippen molar-refractivity contribution in [2.75, 3.05) is 11.7 Å². The standard InChI is InChI=1S/C16H15N3O2S/c1-10-16(22-11(2)18-10)13-5-6-17-8-19(13)12-3-4-14-15(7-12)21-9-20-14/h3-8,13H,9H2,1-2H3. The zero-order chi connectivity index (χ0) is 15.1. The first-order valence-corrected chi connectivity index (χ1v) is 7.86. The van der Waals surface area contributed by atoms with Crippen LogP contribution in [0.5, 0.6) is 11.5 Å². The molecule has 112 valence electrons. The molecule has 3 heterocycles. The Balaban J connectivity index is 1.74. The molecule has 0 saturated heterocycles. The number of anilines is 1. The largest absolute Gasteiger partial charge is 0.454 e. The fourth-order valence-electron chi connectivity index (χ4n) is 2.71. The van der Waals surface area contributed by atoms with Crippen LogP contribution in [0, 0.1) is 13.8 Å². The number of thiazole rings is 1. The fourth-order valence-corrected chi connectivity index (χ4v) is 3.72. The Morgan fingerprint density at radius 3 is 2.91 bits per heavy atom. The summed E-state index contributed by atoms with van der Waals surface area (Å²) in [5.41, 5.74) is 2.09. The summed E-state index contributed by atoms with van der Waals surface area (Å²) in [5, 5.41) is 1.08. The van der Waals surface area contributed by atoms with Crippen molar-refractivity contribution < 1.29 is 9.47 Å². The second kappa shape index (κ2) is 5.14. The molecule has 1 aromatic carbocycles. The Kier molecular flexibility index (Phi) is 3.11. The summed E-state index contributed by atoms with van der Waals surface area (Å²) in [6.45, 7) is 4.37. The van der Waals surface area contributed by atoms with Gasteiger partial charge in [-0.15, -0.1) is 11.3 Å². The number of nitrogens with zero attached hydrogens (tertiary/aromatic N) is 3. The van der Waals surface area contributed by atoms with E-state index < -0.39 is 0 Å². The minimum atomic E-state index is 0.101. The highest BCUT2D eigenvalue weighted by Gasteiger charge is 2.25.